The summed E-state index contributed by atoms with van der Waals surface area (Å²) in [5.74, 6) is 1.49. The Balaban J connectivity index is 1.33. The van der Waals surface area contributed by atoms with Crippen molar-refractivity contribution in [3.8, 4) is 11.5 Å². The predicted molar refractivity (Wildman–Crippen MR) is 126 cm³/mol. The van der Waals surface area contributed by atoms with Gasteiger partial charge in [0.2, 0.25) is 0 Å². The Hall–Kier alpha value is -3.87. The first-order valence-electron chi connectivity index (χ1n) is 11.1. The summed E-state index contributed by atoms with van der Waals surface area (Å²) in [4.78, 5) is 15.3. The summed E-state index contributed by atoms with van der Waals surface area (Å²) in [6, 6.07) is 21.7. The molecule has 0 bridgehead atoms. The van der Waals surface area contributed by atoms with Crippen LogP contribution in [0.4, 0.5) is 0 Å². The van der Waals surface area contributed by atoms with Gasteiger partial charge in [0.1, 0.15) is 17.0 Å². The second-order valence-electron chi connectivity index (χ2n) is 8.27. The SMILES string of the molecule is COc1ccc(CN(C(=O)c2ccc(Cn3nnc4ccccc43)cc2)C2CC2)c(OC)c1. The summed E-state index contributed by atoms with van der Waals surface area (Å²) >= 11 is 0. The Morgan fingerprint density at radius 3 is 2.55 bits per heavy atom. The Morgan fingerprint density at radius 1 is 1.03 bits per heavy atom. The van der Waals surface area contributed by atoms with Crippen molar-refractivity contribution in [2.45, 2.75) is 32.0 Å². The summed E-state index contributed by atoms with van der Waals surface area (Å²) in [5.41, 5.74) is 4.58. The average Bonchev–Trinajstić information content (AvgIpc) is 3.63. The van der Waals surface area contributed by atoms with Crippen molar-refractivity contribution in [1.29, 1.82) is 0 Å². The molecule has 1 heterocycles. The van der Waals surface area contributed by atoms with E-state index in [1.165, 1.54) is 0 Å². The van der Waals surface area contributed by atoms with Crippen molar-refractivity contribution in [3.63, 3.8) is 0 Å². The van der Waals surface area contributed by atoms with Crippen LogP contribution in [0.2, 0.25) is 0 Å². The topological polar surface area (TPSA) is 69.5 Å². The number of carbonyl (C=O) groups excluding carboxylic acids is 1. The van der Waals surface area contributed by atoms with Crippen LogP contribution in [0.3, 0.4) is 0 Å². The third-order valence-corrected chi connectivity index (χ3v) is 6.04. The molecule has 5 rings (SSSR count). The molecule has 1 fully saturated rings. The van der Waals surface area contributed by atoms with Gasteiger partial charge in [-0.25, -0.2) is 4.68 Å². The highest BCUT2D eigenvalue weighted by Gasteiger charge is 2.33. The van der Waals surface area contributed by atoms with Gasteiger partial charge in [-0.3, -0.25) is 4.79 Å². The van der Waals surface area contributed by atoms with Crippen LogP contribution in [0.5, 0.6) is 11.5 Å². The fourth-order valence-corrected chi connectivity index (χ4v) is 4.04. The van der Waals surface area contributed by atoms with Gasteiger partial charge in [0.25, 0.3) is 5.91 Å². The lowest BCUT2D eigenvalue weighted by Crippen LogP contribution is -2.32. The maximum Gasteiger partial charge on any atom is 0.254 e. The summed E-state index contributed by atoms with van der Waals surface area (Å²) in [5, 5.41) is 8.46. The Labute approximate surface area is 192 Å². The number of fused-ring (bicyclic) bond motifs is 1. The number of hydrogen-bond donors (Lipinski definition) is 0. The molecule has 7 heteroatoms. The zero-order chi connectivity index (χ0) is 22.8. The van der Waals surface area contributed by atoms with Gasteiger partial charge in [-0.15, -0.1) is 5.10 Å². The van der Waals surface area contributed by atoms with Crippen LogP contribution in [-0.4, -0.2) is 46.1 Å². The molecule has 1 aliphatic rings. The second-order valence-corrected chi connectivity index (χ2v) is 8.27. The van der Waals surface area contributed by atoms with E-state index in [-0.39, 0.29) is 11.9 Å². The van der Waals surface area contributed by atoms with Crippen LogP contribution in [0.15, 0.2) is 66.7 Å². The molecule has 0 saturated heterocycles. The molecule has 0 radical (unpaired) electrons. The van der Waals surface area contributed by atoms with Crippen LogP contribution in [0.25, 0.3) is 11.0 Å². The molecule has 0 aliphatic heterocycles. The van der Waals surface area contributed by atoms with Gasteiger partial charge in [-0.2, -0.15) is 0 Å². The number of para-hydroxylation sites is 1. The number of amides is 1. The molecule has 4 aromatic rings. The third kappa shape index (κ3) is 4.39. The molecule has 1 aromatic heterocycles. The van der Waals surface area contributed by atoms with Crippen molar-refractivity contribution >= 4 is 16.9 Å². The van der Waals surface area contributed by atoms with Gasteiger partial charge >= 0.3 is 0 Å². The number of ether oxygens (including phenoxy) is 2. The van der Waals surface area contributed by atoms with E-state index in [1.54, 1.807) is 14.2 Å². The van der Waals surface area contributed by atoms with Gasteiger partial charge in [0.05, 0.1) is 26.3 Å². The molecule has 1 aliphatic carbocycles. The first-order valence-corrected chi connectivity index (χ1v) is 11.1. The standard InChI is InChI=1S/C26H26N4O3/c1-32-22-14-11-20(25(15-22)33-2)17-29(21-12-13-21)26(31)19-9-7-18(8-10-19)16-30-24-6-4-3-5-23(24)27-28-30/h3-11,14-15,21H,12-13,16-17H2,1-2H3. The molecule has 33 heavy (non-hydrogen) atoms. The van der Waals surface area contributed by atoms with E-state index >= 15 is 0 Å². The second kappa shape index (κ2) is 8.94. The first-order chi connectivity index (χ1) is 16.2. The van der Waals surface area contributed by atoms with Crippen molar-refractivity contribution in [2.75, 3.05) is 14.2 Å². The van der Waals surface area contributed by atoms with Gasteiger partial charge in [0, 0.05) is 29.8 Å². The van der Waals surface area contributed by atoms with Crippen molar-refractivity contribution in [2.24, 2.45) is 0 Å². The zero-order valence-electron chi connectivity index (χ0n) is 18.8. The summed E-state index contributed by atoms with van der Waals surface area (Å²) in [6.07, 6.45) is 2.06. The van der Waals surface area contributed by atoms with E-state index in [0.29, 0.717) is 18.7 Å². The number of aromatic nitrogens is 3. The third-order valence-electron chi connectivity index (χ3n) is 6.04. The summed E-state index contributed by atoms with van der Waals surface area (Å²) in [7, 11) is 3.27. The van der Waals surface area contributed by atoms with E-state index < -0.39 is 0 Å². The van der Waals surface area contributed by atoms with E-state index in [9.17, 15) is 4.79 Å². The van der Waals surface area contributed by atoms with Gasteiger partial charge < -0.3 is 14.4 Å². The quantitative estimate of drug-likeness (QED) is 0.407. The number of rotatable bonds is 8. The van der Waals surface area contributed by atoms with Crippen LogP contribution in [0.1, 0.15) is 34.3 Å². The number of carbonyl (C=O) groups is 1. The highest BCUT2D eigenvalue weighted by Crippen LogP contribution is 2.33. The number of methoxy groups -OCH3 is 2. The molecule has 1 saturated carbocycles. The van der Waals surface area contributed by atoms with Crippen molar-refractivity contribution in [3.05, 3.63) is 83.4 Å². The maximum atomic E-state index is 13.4. The van der Waals surface area contributed by atoms with Crippen LogP contribution in [0, 0.1) is 0 Å². The van der Waals surface area contributed by atoms with Gasteiger partial charge in [-0.05, 0) is 54.8 Å². The lowest BCUT2D eigenvalue weighted by Gasteiger charge is -2.24. The molecule has 1 amide bonds. The predicted octanol–water partition coefficient (Wildman–Crippen LogP) is 4.30. The highest BCUT2D eigenvalue weighted by atomic mass is 16.5. The molecular weight excluding hydrogens is 416 g/mol. The largest absolute Gasteiger partial charge is 0.497 e. The fourth-order valence-electron chi connectivity index (χ4n) is 4.04. The fraction of sp³-hybridized carbons (Fsp3) is 0.269. The Bertz CT molecular complexity index is 1280. The highest BCUT2D eigenvalue weighted by molar-refractivity contribution is 5.94. The minimum atomic E-state index is 0.0353. The molecular formula is C26H26N4O3. The van der Waals surface area contributed by atoms with E-state index in [2.05, 4.69) is 10.3 Å². The molecule has 168 valence electrons. The molecule has 0 atom stereocenters. The maximum absolute atomic E-state index is 13.4. The van der Waals surface area contributed by atoms with Crippen LogP contribution >= 0.6 is 0 Å². The molecule has 0 unspecified atom stereocenters. The van der Waals surface area contributed by atoms with Crippen LogP contribution < -0.4 is 9.47 Å². The van der Waals surface area contributed by atoms with Crippen molar-refractivity contribution < 1.29 is 14.3 Å². The monoisotopic (exact) mass is 442 g/mol. The first kappa shape index (κ1) is 21.0. The lowest BCUT2D eigenvalue weighted by atomic mass is 10.1. The van der Waals surface area contributed by atoms with Gasteiger partial charge in [0.15, 0.2) is 0 Å². The molecule has 0 spiro atoms. The van der Waals surface area contributed by atoms with E-state index in [4.69, 9.17) is 9.47 Å². The molecule has 3 aromatic carbocycles. The van der Waals surface area contributed by atoms with Crippen molar-refractivity contribution in [1.82, 2.24) is 19.9 Å². The summed E-state index contributed by atoms with van der Waals surface area (Å²) < 4.78 is 12.7. The molecule has 0 N–H and O–H groups in total. The molecule has 7 nitrogen and oxygen atoms in total. The number of nitrogens with zero attached hydrogens (tertiary/aromatic N) is 4. The normalized spacial score (nSPS) is 13.2. The summed E-state index contributed by atoms with van der Waals surface area (Å²) in [6.45, 7) is 1.10. The minimum Gasteiger partial charge on any atom is -0.497 e. The zero-order valence-corrected chi connectivity index (χ0v) is 18.8. The lowest BCUT2D eigenvalue weighted by molar-refractivity contribution is 0.0728. The Kier molecular flexibility index (Phi) is 5.69. The van der Waals surface area contributed by atoms with E-state index in [0.717, 1.165) is 46.5 Å². The number of benzene rings is 3. The minimum absolute atomic E-state index is 0.0353. The smallest absolute Gasteiger partial charge is 0.254 e. The number of hydrogen-bond acceptors (Lipinski definition) is 5. The average molecular weight is 443 g/mol. The Morgan fingerprint density at radius 2 is 1.82 bits per heavy atom. The van der Waals surface area contributed by atoms with E-state index in [1.807, 2.05) is 76.3 Å². The van der Waals surface area contributed by atoms with Gasteiger partial charge in [-0.1, -0.05) is 29.5 Å². The van der Waals surface area contributed by atoms with Crippen LogP contribution in [-0.2, 0) is 13.1 Å².